The Kier molecular flexibility index (Phi) is 7.06. The summed E-state index contributed by atoms with van der Waals surface area (Å²) >= 11 is 1.80. The van der Waals surface area contributed by atoms with Gasteiger partial charge in [-0.3, -0.25) is 9.69 Å². The summed E-state index contributed by atoms with van der Waals surface area (Å²) in [7, 11) is 1.55. The third kappa shape index (κ3) is 5.19. The maximum absolute atomic E-state index is 11.9. The number of methoxy groups -OCH3 is 1. The minimum absolute atomic E-state index is 0.0363. The van der Waals surface area contributed by atoms with Gasteiger partial charge in [0.25, 0.3) is 0 Å². The van der Waals surface area contributed by atoms with E-state index in [4.69, 9.17) is 19.4 Å². The first-order valence-electron chi connectivity index (χ1n) is 12.9. The quantitative estimate of drug-likeness (QED) is 0.386. The third-order valence-corrected chi connectivity index (χ3v) is 8.26. The van der Waals surface area contributed by atoms with Crippen molar-refractivity contribution in [3.05, 3.63) is 41.4 Å². The number of piperidine rings is 1. The molecule has 2 aliphatic rings. The number of benzene rings is 1. The molecule has 2 aliphatic heterocycles. The average molecular weight is 521 g/mol. The highest BCUT2D eigenvalue weighted by Gasteiger charge is 2.24. The number of carbonyl (C=O) groups excluding carboxylic acids is 1. The summed E-state index contributed by atoms with van der Waals surface area (Å²) in [5, 5.41) is 4.21. The molecule has 10 heteroatoms. The Morgan fingerprint density at radius 2 is 2.03 bits per heavy atom. The fraction of sp³-hybridized carbons (Fsp3) is 0.444. The van der Waals surface area contributed by atoms with Crippen molar-refractivity contribution in [2.24, 2.45) is 0 Å². The minimum Gasteiger partial charge on any atom is -0.378 e. The van der Waals surface area contributed by atoms with Crippen molar-refractivity contribution in [1.29, 1.82) is 0 Å². The zero-order valence-electron chi connectivity index (χ0n) is 21.0. The van der Waals surface area contributed by atoms with Gasteiger partial charge in [-0.15, -0.1) is 11.3 Å². The largest absolute Gasteiger partial charge is 0.378 e. The molecule has 1 aromatic carbocycles. The summed E-state index contributed by atoms with van der Waals surface area (Å²) in [4.78, 5) is 31.4. The molecule has 3 aromatic heterocycles. The summed E-state index contributed by atoms with van der Waals surface area (Å²) in [5.74, 6) is 1.73. The summed E-state index contributed by atoms with van der Waals surface area (Å²) in [6.07, 6.45) is 3.86. The van der Waals surface area contributed by atoms with E-state index in [1.165, 1.54) is 4.88 Å². The van der Waals surface area contributed by atoms with Crippen LogP contribution in [0.1, 0.15) is 17.7 Å². The highest BCUT2D eigenvalue weighted by molar-refractivity contribution is 7.19. The van der Waals surface area contributed by atoms with Crippen LogP contribution >= 0.6 is 11.3 Å². The topological polar surface area (TPSA) is 95.6 Å². The van der Waals surface area contributed by atoms with Gasteiger partial charge in [-0.05, 0) is 31.0 Å². The number of thiophene rings is 1. The number of nitrogens with one attached hydrogen (secondary N) is 2. The molecule has 6 rings (SSSR count). The van der Waals surface area contributed by atoms with E-state index >= 15 is 0 Å². The van der Waals surface area contributed by atoms with Crippen LogP contribution in [0, 0.1) is 0 Å². The van der Waals surface area contributed by atoms with Crippen LogP contribution in [0.5, 0.6) is 0 Å². The number of morpholine rings is 1. The number of H-pyrrole nitrogens is 1. The number of carbonyl (C=O) groups is 1. The van der Waals surface area contributed by atoms with Gasteiger partial charge < -0.3 is 24.7 Å². The molecule has 0 bridgehead atoms. The molecule has 0 radical (unpaired) electrons. The van der Waals surface area contributed by atoms with E-state index in [1.54, 1.807) is 18.4 Å². The van der Waals surface area contributed by atoms with Gasteiger partial charge in [0, 0.05) is 73.4 Å². The number of likely N-dealkylation sites (tertiary alicyclic amines) is 1. The van der Waals surface area contributed by atoms with Gasteiger partial charge >= 0.3 is 0 Å². The van der Waals surface area contributed by atoms with E-state index in [-0.39, 0.29) is 18.6 Å². The number of fused-ring (bicyclic) bond motifs is 2. The number of ether oxygens (including phenoxy) is 2. The number of aromatic amines is 1. The lowest BCUT2D eigenvalue weighted by Gasteiger charge is -2.32. The van der Waals surface area contributed by atoms with Gasteiger partial charge in [0.2, 0.25) is 5.91 Å². The van der Waals surface area contributed by atoms with Gasteiger partial charge in [0.1, 0.15) is 6.61 Å². The van der Waals surface area contributed by atoms with E-state index in [0.717, 1.165) is 83.9 Å². The Bertz CT molecular complexity index is 1390. The zero-order chi connectivity index (χ0) is 25.2. The standard InChI is InChI=1S/C27H32N6O3S/c1-35-17-24(34)29-18-6-9-32(10-7-18)16-19-15-23-25(37-19)27(33-11-13-36-14-12-33)31-26(30-23)21-3-2-4-22-20(21)5-8-28-22/h2-5,8,15,18,28H,6-7,9-14,16-17H2,1H3,(H,29,34). The number of hydrogen-bond acceptors (Lipinski definition) is 8. The molecule has 0 atom stereocenters. The maximum Gasteiger partial charge on any atom is 0.246 e. The van der Waals surface area contributed by atoms with Crippen LogP contribution < -0.4 is 10.2 Å². The van der Waals surface area contributed by atoms with Crippen LogP contribution in [0.15, 0.2) is 36.5 Å². The third-order valence-electron chi connectivity index (χ3n) is 7.16. The van der Waals surface area contributed by atoms with E-state index in [0.29, 0.717) is 13.2 Å². The molecule has 9 nitrogen and oxygen atoms in total. The molecule has 4 aromatic rings. The van der Waals surface area contributed by atoms with Gasteiger partial charge in [0.05, 0.1) is 23.4 Å². The number of aromatic nitrogens is 3. The fourth-order valence-corrected chi connectivity index (χ4v) is 6.44. The van der Waals surface area contributed by atoms with Crippen molar-refractivity contribution in [1.82, 2.24) is 25.2 Å². The monoisotopic (exact) mass is 520 g/mol. The lowest BCUT2D eigenvalue weighted by Crippen LogP contribution is -2.45. The number of rotatable bonds is 7. The Hall–Kier alpha value is -3.05. The summed E-state index contributed by atoms with van der Waals surface area (Å²) in [6.45, 7) is 5.99. The second-order valence-electron chi connectivity index (χ2n) is 9.69. The average Bonchev–Trinajstić information content (AvgIpc) is 3.56. The van der Waals surface area contributed by atoms with Crippen molar-refractivity contribution < 1.29 is 14.3 Å². The lowest BCUT2D eigenvalue weighted by atomic mass is 10.0. The molecule has 0 saturated carbocycles. The van der Waals surface area contributed by atoms with Crippen LogP contribution in [0.25, 0.3) is 32.5 Å². The van der Waals surface area contributed by atoms with Crippen LogP contribution in [0.3, 0.4) is 0 Å². The first-order valence-corrected chi connectivity index (χ1v) is 13.7. The van der Waals surface area contributed by atoms with Crippen LogP contribution in [-0.2, 0) is 20.8 Å². The van der Waals surface area contributed by atoms with E-state index in [9.17, 15) is 4.79 Å². The number of hydrogen-bond donors (Lipinski definition) is 2. The minimum atomic E-state index is -0.0363. The highest BCUT2D eigenvalue weighted by Crippen LogP contribution is 2.36. The number of amides is 1. The molecule has 2 N–H and O–H groups in total. The molecular formula is C27H32N6O3S. The van der Waals surface area contributed by atoms with Gasteiger partial charge in [-0.2, -0.15) is 0 Å². The molecule has 2 fully saturated rings. The van der Waals surface area contributed by atoms with Crippen LogP contribution in [0.4, 0.5) is 5.82 Å². The van der Waals surface area contributed by atoms with E-state index in [1.807, 2.05) is 6.20 Å². The van der Waals surface area contributed by atoms with Crippen LogP contribution in [-0.4, -0.2) is 84.9 Å². The molecule has 0 spiro atoms. The fourth-order valence-electron chi connectivity index (χ4n) is 5.29. The lowest BCUT2D eigenvalue weighted by molar-refractivity contribution is -0.125. The van der Waals surface area contributed by atoms with Crippen molar-refractivity contribution in [3.8, 4) is 11.4 Å². The van der Waals surface area contributed by atoms with Crippen LogP contribution in [0.2, 0.25) is 0 Å². The molecule has 5 heterocycles. The predicted molar refractivity (Wildman–Crippen MR) is 146 cm³/mol. The maximum atomic E-state index is 11.9. The first kappa shape index (κ1) is 24.3. The molecule has 194 valence electrons. The van der Waals surface area contributed by atoms with E-state index in [2.05, 4.69) is 50.4 Å². The van der Waals surface area contributed by atoms with Crippen molar-refractivity contribution >= 4 is 44.2 Å². The molecule has 1 amide bonds. The van der Waals surface area contributed by atoms with Gasteiger partial charge in [-0.25, -0.2) is 9.97 Å². The second-order valence-corrected chi connectivity index (χ2v) is 10.8. The molecule has 0 aliphatic carbocycles. The molecule has 0 unspecified atom stereocenters. The smallest absolute Gasteiger partial charge is 0.246 e. The Morgan fingerprint density at radius 1 is 1.19 bits per heavy atom. The summed E-state index contributed by atoms with van der Waals surface area (Å²) < 4.78 is 11.7. The number of nitrogens with zero attached hydrogens (tertiary/aromatic N) is 4. The number of anilines is 1. The van der Waals surface area contributed by atoms with Gasteiger partial charge in [-0.1, -0.05) is 12.1 Å². The van der Waals surface area contributed by atoms with E-state index < -0.39 is 0 Å². The molecular weight excluding hydrogens is 488 g/mol. The first-order chi connectivity index (χ1) is 18.2. The van der Waals surface area contributed by atoms with Gasteiger partial charge in [0.15, 0.2) is 11.6 Å². The predicted octanol–water partition coefficient (Wildman–Crippen LogP) is 3.40. The summed E-state index contributed by atoms with van der Waals surface area (Å²) in [6, 6.07) is 10.8. The molecule has 37 heavy (non-hydrogen) atoms. The Balaban J connectivity index is 1.27. The normalized spacial score (nSPS) is 17.6. The SMILES string of the molecule is COCC(=O)NC1CCN(Cc2cc3nc(-c4cccc5[nH]ccc45)nc(N4CCOCC4)c3s2)CC1. The van der Waals surface area contributed by atoms with Crippen molar-refractivity contribution in [2.45, 2.75) is 25.4 Å². The summed E-state index contributed by atoms with van der Waals surface area (Å²) in [5.41, 5.74) is 3.13. The molecule has 2 saturated heterocycles. The Morgan fingerprint density at radius 3 is 2.84 bits per heavy atom. The second kappa shape index (κ2) is 10.7. The van der Waals surface area contributed by atoms with Crippen molar-refractivity contribution in [2.75, 3.05) is 58.0 Å². The highest BCUT2D eigenvalue weighted by atomic mass is 32.1. The Labute approximate surface area is 219 Å². The zero-order valence-corrected chi connectivity index (χ0v) is 21.9. The van der Waals surface area contributed by atoms with Crippen molar-refractivity contribution in [3.63, 3.8) is 0 Å².